The Bertz CT molecular complexity index is 750. The summed E-state index contributed by atoms with van der Waals surface area (Å²) in [4.78, 5) is 18.3. The van der Waals surface area contributed by atoms with E-state index in [1.165, 1.54) is 0 Å². The first-order chi connectivity index (χ1) is 9.74. The van der Waals surface area contributed by atoms with Crippen molar-refractivity contribution >= 4 is 28.9 Å². The van der Waals surface area contributed by atoms with Gasteiger partial charge in [0.1, 0.15) is 24.5 Å². The number of carbonyl (C=O) groups is 1. The maximum Gasteiger partial charge on any atom is 0.150 e. The van der Waals surface area contributed by atoms with Gasteiger partial charge in [-0.2, -0.15) is 0 Å². The highest BCUT2D eigenvalue weighted by atomic mass is 35.5. The molecule has 3 aromatic rings. The van der Waals surface area contributed by atoms with Crippen LogP contribution in [0, 0.1) is 0 Å². The molecule has 0 unspecified atom stereocenters. The molecule has 20 heavy (non-hydrogen) atoms. The van der Waals surface area contributed by atoms with E-state index in [2.05, 4.69) is 9.97 Å². The van der Waals surface area contributed by atoms with Crippen LogP contribution in [0.1, 0.15) is 16.2 Å². The Kier molecular flexibility index (Phi) is 3.39. The summed E-state index contributed by atoms with van der Waals surface area (Å²) in [5.74, 6) is 1.43. The first kappa shape index (κ1) is 12.7. The van der Waals surface area contributed by atoms with Crippen molar-refractivity contribution in [3.8, 4) is 5.75 Å². The van der Waals surface area contributed by atoms with Crippen molar-refractivity contribution < 1.29 is 9.53 Å². The lowest BCUT2D eigenvalue weighted by Crippen LogP contribution is -1.97. The second-order valence-electron chi connectivity index (χ2n) is 4.32. The molecule has 100 valence electrons. The van der Waals surface area contributed by atoms with E-state index in [-0.39, 0.29) is 0 Å². The topological polar surface area (TPSA) is 55.0 Å². The first-order valence-corrected chi connectivity index (χ1v) is 6.44. The molecule has 1 heterocycles. The fourth-order valence-corrected chi connectivity index (χ4v) is 2.03. The van der Waals surface area contributed by atoms with E-state index in [4.69, 9.17) is 16.3 Å². The third-order valence-electron chi connectivity index (χ3n) is 2.88. The number of aldehydes is 1. The summed E-state index contributed by atoms with van der Waals surface area (Å²) < 4.78 is 5.61. The minimum absolute atomic E-state index is 0.326. The van der Waals surface area contributed by atoms with Gasteiger partial charge >= 0.3 is 0 Å². The van der Waals surface area contributed by atoms with E-state index < -0.39 is 0 Å². The number of nitrogens with one attached hydrogen (secondary N) is 1. The van der Waals surface area contributed by atoms with Crippen molar-refractivity contribution in [2.24, 2.45) is 0 Å². The van der Waals surface area contributed by atoms with Gasteiger partial charge in [-0.1, -0.05) is 11.6 Å². The summed E-state index contributed by atoms with van der Waals surface area (Å²) in [6.07, 6.45) is 0.810. The zero-order valence-corrected chi connectivity index (χ0v) is 11.2. The van der Waals surface area contributed by atoms with Crippen molar-refractivity contribution in [3.63, 3.8) is 0 Å². The van der Waals surface area contributed by atoms with E-state index in [0.717, 1.165) is 23.1 Å². The summed E-state index contributed by atoms with van der Waals surface area (Å²) in [5, 5.41) is 0.669. The first-order valence-electron chi connectivity index (χ1n) is 6.07. The van der Waals surface area contributed by atoms with Crippen LogP contribution in [0.4, 0.5) is 0 Å². The number of aromatic amines is 1. The van der Waals surface area contributed by atoms with Gasteiger partial charge < -0.3 is 9.72 Å². The Hall–Kier alpha value is -2.33. The second-order valence-corrected chi connectivity index (χ2v) is 4.76. The molecule has 0 fully saturated rings. The predicted molar refractivity (Wildman–Crippen MR) is 77.3 cm³/mol. The number of H-pyrrole nitrogens is 1. The van der Waals surface area contributed by atoms with Gasteiger partial charge in [-0.15, -0.1) is 0 Å². The number of nitrogens with zero attached hydrogens (tertiary/aromatic N) is 1. The number of rotatable bonds is 4. The fraction of sp³-hybridized carbons (Fsp3) is 0.0667. The van der Waals surface area contributed by atoms with Crippen LogP contribution < -0.4 is 4.74 Å². The van der Waals surface area contributed by atoms with E-state index in [0.29, 0.717) is 23.0 Å². The van der Waals surface area contributed by atoms with Crippen LogP contribution in [0.2, 0.25) is 5.02 Å². The van der Waals surface area contributed by atoms with Gasteiger partial charge in [0.25, 0.3) is 0 Å². The van der Waals surface area contributed by atoms with Crippen molar-refractivity contribution in [3.05, 3.63) is 58.9 Å². The van der Waals surface area contributed by atoms with Gasteiger partial charge in [-0.25, -0.2) is 4.98 Å². The Balaban J connectivity index is 1.77. The largest absolute Gasteiger partial charge is 0.486 e. The average Bonchev–Trinajstić information content (AvgIpc) is 2.88. The quantitative estimate of drug-likeness (QED) is 0.746. The third-order valence-corrected chi connectivity index (χ3v) is 3.13. The molecule has 0 saturated heterocycles. The lowest BCUT2D eigenvalue weighted by atomic mass is 10.2. The summed E-state index contributed by atoms with van der Waals surface area (Å²) in [6.45, 7) is 0.326. The number of ether oxygens (including phenoxy) is 1. The fourth-order valence-electron chi connectivity index (χ4n) is 1.90. The number of fused-ring (bicyclic) bond motifs is 1. The van der Waals surface area contributed by atoms with Crippen LogP contribution in [0.25, 0.3) is 11.0 Å². The van der Waals surface area contributed by atoms with Crippen LogP contribution in [0.3, 0.4) is 0 Å². The molecule has 4 nitrogen and oxygen atoms in total. The molecule has 0 saturated carbocycles. The molecule has 3 rings (SSSR count). The third kappa shape index (κ3) is 2.65. The molecule has 0 radical (unpaired) electrons. The predicted octanol–water partition coefficient (Wildman–Crippen LogP) is 3.61. The lowest BCUT2D eigenvalue weighted by Gasteiger charge is -2.03. The average molecular weight is 287 g/mol. The van der Waals surface area contributed by atoms with Crippen molar-refractivity contribution in [1.82, 2.24) is 9.97 Å². The standard InChI is InChI=1S/C15H11ClN2O2/c16-11-2-4-12(5-3-11)20-9-15-17-13-6-1-10(8-19)7-14(13)18-15/h1-8H,9H2,(H,17,18). The van der Waals surface area contributed by atoms with Gasteiger partial charge in [0.15, 0.2) is 0 Å². The van der Waals surface area contributed by atoms with Crippen LogP contribution in [0.5, 0.6) is 5.75 Å². The van der Waals surface area contributed by atoms with Crippen LogP contribution in [0.15, 0.2) is 42.5 Å². The van der Waals surface area contributed by atoms with E-state index >= 15 is 0 Å². The second kappa shape index (κ2) is 5.35. The summed E-state index contributed by atoms with van der Waals surface area (Å²) in [6, 6.07) is 12.4. The van der Waals surface area contributed by atoms with Gasteiger partial charge in [-0.3, -0.25) is 4.79 Å². The molecule has 0 aliphatic heterocycles. The molecule has 1 aromatic heterocycles. The van der Waals surface area contributed by atoms with Gasteiger partial charge in [0.05, 0.1) is 11.0 Å². The molecule has 0 spiro atoms. The minimum Gasteiger partial charge on any atom is -0.486 e. The van der Waals surface area contributed by atoms with Crippen LogP contribution in [-0.2, 0) is 6.61 Å². The molecule has 5 heteroatoms. The van der Waals surface area contributed by atoms with Crippen molar-refractivity contribution in [2.45, 2.75) is 6.61 Å². The molecule has 1 N–H and O–H groups in total. The zero-order chi connectivity index (χ0) is 13.9. The van der Waals surface area contributed by atoms with Gasteiger partial charge in [0, 0.05) is 10.6 Å². The molecule has 0 bridgehead atoms. The van der Waals surface area contributed by atoms with Gasteiger partial charge in [-0.05, 0) is 42.5 Å². The highest BCUT2D eigenvalue weighted by Crippen LogP contribution is 2.18. The number of hydrogen-bond acceptors (Lipinski definition) is 3. The number of carbonyl (C=O) groups excluding carboxylic acids is 1. The number of imidazole rings is 1. The summed E-state index contributed by atoms with van der Waals surface area (Å²) >= 11 is 5.81. The van der Waals surface area contributed by atoms with Crippen LogP contribution in [-0.4, -0.2) is 16.3 Å². The Morgan fingerprint density at radius 2 is 2.00 bits per heavy atom. The molecule has 0 aliphatic rings. The lowest BCUT2D eigenvalue weighted by molar-refractivity contribution is 0.112. The summed E-state index contributed by atoms with van der Waals surface area (Å²) in [7, 11) is 0. The highest BCUT2D eigenvalue weighted by molar-refractivity contribution is 6.30. The van der Waals surface area contributed by atoms with E-state index in [1.54, 1.807) is 42.5 Å². The number of benzene rings is 2. The van der Waals surface area contributed by atoms with E-state index in [9.17, 15) is 4.79 Å². The Labute approximate surface area is 120 Å². The molecule has 0 amide bonds. The molecule has 0 aliphatic carbocycles. The maximum absolute atomic E-state index is 10.7. The number of hydrogen-bond donors (Lipinski definition) is 1. The normalized spacial score (nSPS) is 10.7. The highest BCUT2D eigenvalue weighted by Gasteiger charge is 2.04. The molecule has 2 aromatic carbocycles. The molecular weight excluding hydrogens is 276 g/mol. The molecular formula is C15H11ClN2O2. The SMILES string of the molecule is O=Cc1ccc2nc(COc3ccc(Cl)cc3)[nH]c2c1. The Morgan fingerprint density at radius 3 is 2.75 bits per heavy atom. The maximum atomic E-state index is 10.7. The number of aromatic nitrogens is 2. The monoisotopic (exact) mass is 286 g/mol. The minimum atomic E-state index is 0.326. The number of halogens is 1. The van der Waals surface area contributed by atoms with Crippen LogP contribution >= 0.6 is 11.6 Å². The Morgan fingerprint density at radius 1 is 1.20 bits per heavy atom. The molecule has 0 atom stereocenters. The van der Waals surface area contributed by atoms with Gasteiger partial charge in [0.2, 0.25) is 0 Å². The summed E-state index contributed by atoms with van der Waals surface area (Å²) in [5.41, 5.74) is 2.25. The van der Waals surface area contributed by atoms with E-state index in [1.807, 2.05) is 0 Å². The van der Waals surface area contributed by atoms with Crippen molar-refractivity contribution in [1.29, 1.82) is 0 Å². The van der Waals surface area contributed by atoms with Crippen molar-refractivity contribution in [2.75, 3.05) is 0 Å². The zero-order valence-electron chi connectivity index (χ0n) is 10.5. The smallest absolute Gasteiger partial charge is 0.150 e.